The van der Waals surface area contributed by atoms with Crippen LogP contribution in [0.15, 0.2) is 42.5 Å². The first-order chi connectivity index (χ1) is 11.3. The maximum Gasteiger partial charge on any atom is 0.338 e. The molecule has 24 heavy (non-hydrogen) atoms. The molecule has 0 aromatic heterocycles. The minimum absolute atomic E-state index is 0.156. The van der Waals surface area contributed by atoms with Gasteiger partial charge in [0.05, 0.1) is 22.4 Å². The largest absolute Gasteiger partial charge is 0.459 e. The Bertz CT molecular complexity index is 749. The molecule has 0 fully saturated rings. The third-order valence-corrected chi connectivity index (χ3v) is 3.65. The molecule has 0 unspecified atom stereocenters. The van der Waals surface area contributed by atoms with Gasteiger partial charge < -0.3 is 15.4 Å². The lowest BCUT2D eigenvalue weighted by molar-refractivity contribution is 0.0378. The third-order valence-electron chi connectivity index (χ3n) is 2.90. The molecule has 2 rings (SSSR count). The van der Waals surface area contributed by atoms with Gasteiger partial charge in [0, 0.05) is 10.7 Å². The molecule has 2 N–H and O–H groups in total. The number of esters is 1. The molecular weight excluding hydrogens is 367 g/mol. The number of nitrogens with one attached hydrogen (secondary N) is 2. The van der Waals surface area contributed by atoms with E-state index in [4.69, 9.17) is 40.2 Å². The number of rotatable bonds is 4. The van der Waals surface area contributed by atoms with Crippen molar-refractivity contribution in [2.45, 2.75) is 20.0 Å². The summed E-state index contributed by atoms with van der Waals surface area (Å²) in [6, 6.07) is 11.9. The molecule has 0 saturated carbocycles. The Kier molecular flexibility index (Phi) is 6.43. The van der Waals surface area contributed by atoms with Gasteiger partial charge in [0.25, 0.3) is 0 Å². The van der Waals surface area contributed by atoms with Crippen molar-refractivity contribution in [3.05, 3.63) is 58.1 Å². The monoisotopic (exact) mass is 382 g/mol. The zero-order valence-corrected chi connectivity index (χ0v) is 15.4. The Morgan fingerprint density at radius 3 is 2.33 bits per heavy atom. The number of halogens is 2. The molecule has 0 aliphatic carbocycles. The van der Waals surface area contributed by atoms with E-state index in [0.717, 1.165) is 5.69 Å². The number of ether oxygens (including phenoxy) is 1. The zero-order chi connectivity index (χ0) is 17.7. The van der Waals surface area contributed by atoms with Gasteiger partial charge in [0.15, 0.2) is 5.11 Å². The lowest BCUT2D eigenvalue weighted by atomic mass is 10.2. The lowest BCUT2D eigenvalue weighted by Gasteiger charge is -2.12. The maximum absolute atomic E-state index is 11.8. The van der Waals surface area contributed by atoms with Gasteiger partial charge in [-0.1, -0.05) is 23.2 Å². The summed E-state index contributed by atoms with van der Waals surface area (Å²) in [4.78, 5) is 11.8. The highest BCUT2D eigenvalue weighted by molar-refractivity contribution is 7.80. The predicted molar refractivity (Wildman–Crippen MR) is 103 cm³/mol. The summed E-state index contributed by atoms with van der Waals surface area (Å²) in [5.74, 6) is -0.356. The van der Waals surface area contributed by atoms with Crippen LogP contribution in [0.3, 0.4) is 0 Å². The summed E-state index contributed by atoms with van der Waals surface area (Å²) in [5, 5.41) is 7.40. The molecule has 0 heterocycles. The van der Waals surface area contributed by atoms with Crippen LogP contribution in [-0.2, 0) is 4.74 Å². The molecule has 7 heteroatoms. The summed E-state index contributed by atoms with van der Waals surface area (Å²) in [6.07, 6.45) is -0.156. The second-order valence-electron chi connectivity index (χ2n) is 5.23. The number of carbonyl (C=O) groups excluding carboxylic acids is 1. The van der Waals surface area contributed by atoms with Crippen LogP contribution in [0.1, 0.15) is 24.2 Å². The third kappa shape index (κ3) is 5.37. The minimum Gasteiger partial charge on any atom is -0.459 e. The minimum atomic E-state index is -0.356. The van der Waals surface area contributed by atoms with E-state index in [0.29, 0.717) is 26.4 Å². The van der Waals surface area contributed by atoms with Crippen LogP contribution < -0.4 is 10.6 Å². The van der Waals surface area contributed by atoms with E-state index in [9.17, 15) is 4.79 Å². The number of hydrogen-bond acceptors (Lipinski definition) is 3. The van der Waals surface area contributed by atoms with Crippen LogP contribution in [0.5, 0.6) is 0 Å². The predicted octanol–water partition coefficient (Wildman–Crippen LogP) is 5.37. The van der Waals surface area contributed by atoms with Gasteiger partial charge in [0.2, 0.25) is 0 Å². The van der Waals surface area contributed by atoms with Gasteiger partial charge in [0.1, 0.15) is 0 Å². The summed E-state index contributed by atoms with van der Waals surface area (Å²) < 4.78 is 5.14. The van der Waals surface area contributed by atoms with Crippen LogP contribution in [0.4, 0.5) is 11.4 Å². The van der Waals surface area contributed by atoms with Gasteiger partial charge in [-0.3, -0.25) is 0 Å². The van der Waals surface area contributed by atoms with Gasteiger partial charge in [-0.2, -0.15) is 0 Å². The second-order valence-corrected chi connectivity index (χ2v) is 6.49. The molecule has 0 amide bonds. The van der Waals surface area contributed by atoms with Gasteiger partial charge in [-0.05, 0) is 68.5 Å². The van der Waals surface area contributed by atoms with Crippen molar-refractivity contribution in [1.82, 2.24) is 0 Å². The highest BCUT2D eigenvalue weighted by atomic mass is 35.5. The van der Waals surface area contributed by atoms with Crippen molar-refractivity contribution in [1.29, 1.82) is 0 Å². The summed E-state index contributed by atoms with van der Waals surface area (Å²) in [7, 11) is 0. The van der Waals surface area contributed by atoms with Crippen molar-refractivity contribution in [2.75, 3.05) is 10.6 Å². The topological polar surface area (TPSA) is 50.4 Å². The number of anilines is 2. The highest BCUT2D eigenvalue weighted by Gasteiger charge is 2.09. The van der Waals surface area contributed by atoms with Gasteiger partial charge in [-0.15, -0.1) is 0 Å². The molecule has 126 valence electrons. The van der Waals surface area contributed by atoms with E-state index in [1.54, 1.807) is 56.3 Å². The average molecular weight is 383 g/mol. The molecule has 0 saturated heterocycles. The second kappa shape index (κ2) is 8.33. The fourth-order valence-electron chi connectivity index (χ4n) is 1.85. The summed E-state index contributed by atoms with van der Waals surface area (Å²) in [6.45, 7) is 3.61. The van der Waals surface area contributed by atoms with Crippen LogP contribution in [0, 0.1) is 0 Å². The van der Waals surface area contributed by atoms with Gasteiger partial charge >= 0.3 is 5.97 Å². The van der Waals surface area contributed by atoms with Gasteiger partial charge in [-0.25, -0.2) is 4.79 Å². The Balaban J connectivity index is 1.98. The first-order valence-electron chi connectivity index (χ1n) is 7.19. The van der Waals surface area contributed by atoms with Crippen LogP contribution in [0.2, 0.25) is 10.0 Å². The fourth-order valence-corrected chi connectivity index (χ4v) is 2.53. The first-order valence-corrected chi connectivity index (χ1v) is 8.35. The van der Waals surface area contributed by atoms with E-state index in [1.807, 2.05) is 0 Å². The van der Waals surface area contributed by atoms with Crippen LogP contribution >= 0.6 is 35.4 Å². The first kappa shape index (κ1) is 18.5. The normalized spacial score (nSPS) is 10.4. The quantitative estimate of drug-likeness (QED) is 0.549. The van der Waals surface area contributed by atoms with E-state index in [-0.39, 0.29) is 12.1 Å². The average Bonchev–Trinajstić information content (AvgIpc) is 2.50. The highest BCUT2D eigenvalue weighted by Crippen LogP contribution is 2.25. The molecule has 0 spiro atoms. The van der Waals surface area contributed by atoms with Crippen molar-refractivity contribution in [3.63, 3.8) is 0 Å². The number of thiocarbonyl (C=S) groups is 1. The Morgan fingerprint density at radius 2 is 1.75 bits per heavy atom. The molecule has 2 aromatic rings. The molecule has 4 nitrogen and oxygen atoms in total. The van der Waals surface area contributed by atoms with E-state index in [1.165, 1.54) is 0 Å². The Labute approximate surface area is 156 Å². The molecule has 0 bridgehead atoms. The molecule has 0 aliphatic heterocycles. The summed E-state index contributed by atoms with van der Waals surface area (Å²) >= 11 is 17.2. The lowest BCUT2D eigenvalue weighted by Crippen LogP contribution is -2.19. The molecule has 2 aromatic carbocycles. The Hall–Kier alpha value is -1.82. The standard InChI is InChI=1S/C17H16Cl2N2O2S/c1-10(2)23-16(22)11-3-6-13(7-4-11)20-17(24)21-15-8-5-12(18)9-14(15)19/h3-10H,1-2H3,(H2,20,21,24). The van der Waals surface area contributed by atoms with Crippen LogP contribution in [-0.4, -0.2) is 17.2 Å². The molecule has 0 aliphatic rings. The number of hydrogen-bond donors (Lipinski definition) is 2. The van der Waals surface area contributed by atoms with Crippen molar-refractivity contribution in [3.8, 4) is 0 Å². The molecular formula is C17H16Cl2N2O2S. The molecule has 0 atom stereocenters. The van der Waals surface area contributed by atoms with Crippen molar-refractivity contribution >= 4 is 57.9 Å². The summed E-state index contributed by atoms with van der Waals surface area (Å²) in [5.41, 5.74) is 1.86. The van der Waals surface area contributed by atoms with E-state index >= 15 is 0 Å². The number of carbonyl (C=O) groups is 1. The zero-order valence-electron chi connectivity index (χ0n) is 13.1. The van der Waals surface area contributed by atoms with E-state index < -0.39 is 0 Å². The smallest absolute Gasteiger partial charge is 0.338 e. The van der Waals surface area contributed by atoms with E-state index in [2.05, 4.69) is 10.6 Å². The fraction of sp³-hybridized carbons (Fsp3) is 0.176. The molecule has 0 radical (unpaired) electrons. The Morgan fingerprint density at radius 1 is 1.08 bits per heavy atom. The number of benzene rings is 2. The maximum atomic E-state index is 11.8. The van der Waals surface area contributed by atoms with Crippen LogP contribution in [0.25, 0.3) is 0 Å². The van der Waals surface area contributed by atoms with Crippen molar-refractivity contribution < 1.29 is 9.53 Å². The van der Waals surface area contributed by atoms with Crippen molar-refractivity contribution in [2.24, 2.45) is 0 Å². The SMILES string of the molecule is CC(C)OC(=O)c1ccc(NC(=S)Nc2ccc(Cl)cc2Cl)cc1.